The first-order chi connectivity index (χ1) is 12.2. The fourth-order valence-electron chi connectivity index (χ4n) is 2.62. The number of hydrogen-bond acceptors (Lipinski definition) is 3. The van der Waals surface area contributed by atoms with E-state index in [2.05, 4.69) is 5.32 Å². The van der Waals surface area contributed by atoms with E-state index < -0.39 is 35.1 Å². The van der Waals surface area contributed by atoms with Gasteiger partial charge in [-0.15, -0.1) is 0 Å². The molecule has 2 aromatic carbocycles. The number of nitrogens with zero attached hydrogens (tertiary/aromatic N) is 1. The van der Waals surface area contributed by atoms with Crippen molar-refractivity contribution in [3.05, 3.63) is 59.7 Å². The third-order valence-corrected chi connectivity index (χ3v) is 3.75. The molecule has 4 N–H and O–H groups in total. The minimum Gasteiger partial charge on any atom is -0.494 e. The van der Waals surface area contributed by atoms with Gasteiger partial charge in [0.2, 0.25) is 5.88 Å². The second-order valence-corrected chi connectivity index (χ2v) is 5.42. The zero-order valence-electron chi connectivity index (χ0n) is 13.0. The van der Waals surface area contributed by atoms with Crippen LogP contribution >= 0.6 is 0 Å². The van der Waals surface area contributed by atoms with Gasteiger partial charge in [-0.25, -0.2) is 9.36 Å². The number of aromatic nitrogens is 1. The van der Waals surface area contributed by atoms with Gasteiger partial charge in [0.05, 0.1) is 11.1 Å². The molecule has 0 atom stereocenters. The van der Waals surface area contributed by atoms with E-state index in [9.17, 15) is 27.9 Å². The molecule has 2 amide bonds. The first kappa shape index (κ1) is 17.3. The predicted octanol–water partition coefficient (Wildman–Crippen LogP) is 3.54. The molecule has 9 heteroatoms. The zero-order valence-corrected chi connectivity index (χ0v) is 13.0. The molecule has 0 bridgehead atoms. The number of fused-ring (bicyclic) bond motifs is 1. The van der Waals surface area contributed by atoms with Gasteiger partial charge in [0.25, 0.3) is 5.91 Å². The van der Waals surface area contributed by atoms with E-state index >= 15 is 0 Å². The van der Waals surface area contributed by atoms with Crippen LogP contribution in [0.2, 0.25) is 0 Å². The Morgan fingerprint density at radius 3 is 2.31 bits per heavy atom. The second kappa shape index (κ2) is 6.10. The summed E-state index contributed by atoms with van der Waals surface area (Å²) in [7, 11) is 0. The van der Waals surface area contributed by atoms with Gasteiger partial charge < -0.3 is 16.2 Å². The van der Waals surface area contributed by atoms with Gasteiger partial charge in [0, 0.05) is 11.1 Å². The van der Waals surface area contributed by atoms with Gasteiger partial charge in [-0.2, -0.15) is 13.2 Å². The SMILES string of the molecule is NC(=O)n1c(O)c(C(=O)Nc2ccccc2)c2cc(C(F)(F)F)ccc21. The molecule has 0 saturated heterocycles. The number of primary amides is 1. The molecule has 0 aliphatic carbocycles. The number of halogens is 3. The van der Waals surface area contributed by atoms with Crippen LogP contribution in [-0.2, 0) is 6.18 Å². The quantitative estimate of drug-likeness (QED) is 0.649. The number of para-hydroxylation sites is 1. The standard InChI is InChI=1S/C17H12F3N3O3/c18-17(19,20)9-6-7-12-11(8-9)13(15(25)23(12)16(21)26)14(24)22-10-4-2-1-3-5-10/h1-8,25H,(H2,21,26)(H,22,24). The Hall–Kier alpha value is -3.49. The smallest absolute Gasteiger partial charge is 0.416 e. The predicted molar refractivity (Wildman–Crippen MR) is 88.0 cm³/mol. The maximum Gasteiger partial charge on any atom is 0.416 e. The van der Waals surface area contributed by atoms with Gasteiger partial charge in [-0.3, -0.25) is 4.79 Å². The highest BCUT2D eigenvalue weighted by Gasteiger charge is 2.33. The van der Waals surface area contributed by atoms with Gasteiger partial charge in [0.15, 0.2) is 0 Å². The van der Waals surface area contributed by atoms with Crippen molar-refractivity contribution >= 4 is 28.5 Å². The first-order valence-electron chi connectivity index (χ1n) is 7.31. The fraction of sp³-hybridized carbons (Fsp3) is 0.0588. The van der Waals surface area contributed by atoms with E-state index in [1.165, 1.54) is 0 Å². The lowest BCUT2D eigenvalue weighted by atomic mass is 10.1. The van der Waals surface area contributed by atoms with Crippen molar-refractivity contribution in [2.45, 2.75) is 6.18 Å². The minimum atomic E-state index is -4.66. The number of aromatic hydroxyl groups is 1. The van der Waals surface area contributed by atoms with Crippen LogP contribution in [0.5, 0.6) is 5.88 Å². The van der Waals surface area contributed by atoms with Crippen molar-refractivity contribution < 1.29 is 27.9 Å². The van der Waals surface area contributed by atoms with Crippen LogP contribution in [0.4, 0.5) is 23.7 Å². The summed E-state index contributed by atoms with van der Waals surface area (Å²) in [4.78, 5) is 24.1. The molecule has 0 fully saturated rings. The number of amides is 2. The molecule has 1 heterocycles. The van der Waals surface area contributed by atoms with Crippen molar-refractivity contribution in [1.29, 1.82) is 0 Å². The second-order valence-electron chi connectivity index (χ2n) is 5.42. The van der Waals surface area contributed by atoms with E-state index in [4.69, 9.17) is 5.73 Å². The molecule has 0 aliphatic heterocycles. The van der Waals surface area contributed by atoms with E-state index in [1.807, 2.05) is 0 Å². The summed E-state index contributed by atoms with van der Waals surface area (Å²) in [6.45, 7) is 0. The normalized spacial score (nSPS) is 11.5. The van der Waals surface area contributed by atoms with E-state index in [0.29, 0.717) is 16.3 Å². The van der Waals surface area contributed by atoms with Crippen LogP contribution in [-0.4, -0.2) is 21.6 Å². The molecule has 3 rings (SSSR count). The van der Waals surface area contributed by atoms with E-state index in [1.54, 1.807) is 30.3 Å². The van der Waals surface area contributed by atoms with Gasteiger partial charge in [-0.05, 0) is 30.3 Å². The number of alkyl halides is 3. The average molecular weight is 363 g/mol. The Morgan fingerprint density at radius 1 is 1.08 bits per heavy atom. The number of anilines is 1. The minimum absolute atomic E-state index is 0.110. The largest absolute Gasteiger partial charge is 0.494 e. The molecule has 1 aromatic heterocycles. The van der Waals surface area contributed by atoms with E-state index in [-0.39, 0.29) is 10.9 Å². The van der Waals surface area contributed by atoms with Crippen molar-refractivity contribution in [3.8, 4) is 5.88 Å². The van der Waals surface area contributed by atoms with Crippen molar-refractivity contribution in [2.75, 3.05) is 5.32 Å². The van der Waals surface area contributed by atoms with Crippen LogP contribution < -0.4 is 11.1 Å². The summed E-state index contributed by atoms with van der Waals surface area (Å²) in [5.74, 6) is -1.71. The van der Waals surface area contributed by atoms with Gasteiger partial charge >= 0.3 is 12.2 Å². The Balaban J connectivity index is 2.20. The zero-order chi connectivity index (χ0) is 19.1. The molecular formula is C17H12F3N3O3. The highest BCUT2D eigenvalue weighted by molar-refractivity contribution is 6.16. The fourth-order valence-corrected chi connectivity index (χ4v) is 2.62. The monoisotopic (exact) mass is 363 g/mol. The highest BCUT2D eigenvalue weighted by Crippen LogP contribution is 2.36. The van der Waals surface area contributed by atoms with Crippen LogP contribution in [0.25, 0.3) is 10.9 Å². The summed E-state index contributed by atoms with van der Waals surface area (Å²) in [6.07, 6.45) is -4.66. The number of nitrogens with one attached hydrogen (secondary N) is 1. The molecule has 26 heavy (non-hydrogen) atoms. The maximum atomic E-state index is 13.0. The number of carbonyl (C=O) groups is 2. The number of rotatable bonds is 2. The number of benzene rings is 2. The summed E-state index contributed by atoms with van der Waals surface area (Å²) < 4.78 is 39.6. The third-order valence-electron chi connectivity index (χ3n) is 3.75. The summed E-state index contributed by atoms with van der Waals surface area (Å²) in [5.41, 5.74) is 3.93. The molecule has 0 radical (unpaired) electrons. The van der Waals surface area contributed by atoms with Crippen molar-refractivity contribution in [1.82, 2.24) is 4.57 Å². The van der Waals surface area contributed by atoms with Gasteiger partial charge in [0.1, 0.15) is 5.56 Å². The lowest BCUT2D eigenvalue weighted by Crippen LogP contribution is -2.19. The molecule has 0 spiro atoms. The highest BCUT2D eigenvalue weighted by atomic mass is 19.4. The Kier molecular flexibility index (Phi) is 4.07. The number of nitrogens with two attached hydrogens (primary N) is 1. The Labute approximate surface area is 144 Å². The van der Waals surface area contributed by atoms with Crippen LogP contribution in [0.15, 0.2) is 48.5 Å². The van der Waals surface area contributed by atoms with E-state index in [0.717, 1.165) is 12.1 Å². The molecule has 0 saturated carbocycles. The number of carbonyl (C=O) groups excluding carboxylic acids is 2. The molecule has 134 valence electrons. The first-order valence-corrected chi connectivity index (χ1v) is 7.31. The van der Waals surface area contributed by atoms with Crippen LogP contribution in [0, 0.1) is 0 Å². The van der Waals surface area contributed by atoms with Crippen LogP contribution in [0.1, 0.15) is 15.9 Å². The third kappa shape index (κ3) is 2.94. The molecular weight excluding hydrogens is 351 g/mol. The lowest BCUT2D eigenvalue weighted by molar-refractivity contribution is -0.137. The molecule has 0 unspecified atom stereocenters. The lowest BCUT2D eigenvalue weighted by Gasteiger charge is -2.07. The maximum absolute atomic E-state index is 13.0. The van der Waals surface area contributed by atoms with Gasteiger partial charge in [-0.1, -0.05) is 18.2 Å². The number of hydrogen-bond donors (Lipinski definition) is 3. The van der Waals surface area contributed by atoms with Crippen molar-refractivity contribution in [2.24, 2.45) is 5.73 Å². The summed E-state index contributed by atoms with van der Waals surface area (Å²) in [5, 5.41) is 12.5. The van der Waals surface area contributed by atoms with Crippen LogP contribution in [0.3, 0.4) is 0 Å². The Morgan fingerprint density at radius 2 is 1.73 bits per heavy atom. The Bertz CT molecular complexity index is 1010. The molecule has 3 aromatic rings. The average Bonchev–Trinajstić information content (AvgIpc) is 2.86. The summed E-state index contributed by atoms with van der Waals surface area (Å²) in [6, 6.07) is 9.38. The summed E-state index contributed by atoms with van der Waals surface area (Å²) >= 11 is 0. The topological polar surface area (TPSA) is 97.3 Å². The molecule has 6 nitrogen and oxygen atoms in total. The molecule has 0 aliphatic rings. The van der Waals surface area contributed by atoms with Crippen molar-refractivity contribution in [3.63, 3.8) is 0 Å².